The Hall–Kier alpha value is -2.27. The lowest BCUT2D eigenvalue weighted by Gasteiger charge is -2.36. The Morgan fingerprint density at radius 1 is 1.31 bits per heavy atom. The van der Waals surface area contributed by atoms with Crippen LogP contribution < -0.4 is 5.32 Å². The number of nitrogens with zero attached hydrogens (tertiary/aromatic N) is 3. The van der Waals surface area contributed by atoms with Crippen molar-refractivity contribution in [2.75, 3.05) is 26.2 Å². The lowest BCUT2D eigenvalue weighted by molar-refractivity contribution is -0.00834. The molecule has 1 saturated heterocycles. The van der Waals surface area contributed by atoms with E-state index >= 15 is 0 Å². The molecule has 26 heavy (non-hydrogen) atoms. The number of morpholine rings is 1. The number of aryl methyl sites for hydroxylation is 3. The normalized spacial score (nSPS) is 18.2. The number of nitrogens with one attached hydrogen (secondary N) is 1. The second kappa shape index (κ2) is 8.41. The zero-order valence-electron chi connectivity index (χ0n) is 16.3. The van der Waals surface area contributed by atoms with E-state index < -0.39 is 0 Å². The van der Waals surface area contributed by atoms with Crippen LogP contribution in [0.3, 0.4) is 0 Å². The highest BCUT2D eigenvalue weighted by Crippen LogP contribution is 2.26. The second-order valence-corrected chi connectivity index (χ2v) is 7.02. The average Bonchev–Trinajstić information content (AvgIpc) is 3.04. The summed E-state index contributed by atoms with van der Waals surface area (Å²) in [6, 6.07) is 8.71. The van der Waals surface area contributed by atoms with Gasteiger partial charge >= 0.3 is 0 Å². The van der Waals surface area contributed by atoms with Crippen molar-refractivity contribution in [2.45, 2.75) is 33.4 Å². The third kappa shape index (κ3) is 4.47. The first-order valence-corrected chi connectivity index (χ1v) is 9.39. The molecule has 1 atom stereocenters. The lowest BCUT2D eigenvalue weighted by atomic mass is 10.00. The summed E-state index contributed by atoms with van der Waals surface area (Å²) in [5.41, 5.74) is 5.08. The molecular formula is C21H30N4O. The van der Waals surface area contributed by atoms with Crippen LogP contribution in [0.25, 0.3) is 0 Å². The summed E-state index contributed by atoms with van der Waals surface area (Å²) < 4.78 is 8.14. The second-order valence-electron chi connectivity index (χ2n) is 7.02. The minimum atomic E-state index is 0.0879. The first-order valence-electron chi connectivity index (χ1n) is 9.39. The first-order chi connectivity index (χ1) is 12.6. The summed E-state index contributed by atoms with van der Waals surface area (Å²) in [6.45, 7) is 10.4. The molecule has 1 N–H and O–H groups in total. The van der Waals surface area contributed by atoms with Gasteiger partial charge in [0.05, 0.1) is 19.7 Å². The Labute approximate surface area is 156 Å². The molecule has 1 aromatic heterocycles. The number of hydrogen-bond donors (Lipinski definition) is 1. The van der Waals surface area contributed by atoms with Gasteiger partial charge in [-0.3, -0.25) is 0 Å². The van der Waals surface area contributed by atoms with E-state index in [1.165, 1.54) is 22.3 Å². The van der Waals surface area contributed by atoms with Crippen molar-refractivity contribution < 1.29 is 4.74 Å². The van der Waals surface area contributed by atoms with Gasteiger partial charge in [0.2, 0.25) is 0 Å². The van der Waals surface area contributed by atoms with Crippen molar-refractivity contribution in [3.63, 3.8) is 0 Å². The highest BCUT2D eigenvalue weighted by molar-refractivity contribution is 5.80. The number of ether oxygens (including phenoxy) is 1. The minimum Gasteiger partial charge on any atom is -0.370 e. The van der Waals surface area contributed by atoms with Crippen LogP contribution in [-0.4, -0.2) is 41.7 Å². The van der Waals surface area contributed by atoms with E-state index in [1.54, 1.807) is 0 Å². The van der Waals surface area contributed by atoms with Crippen molar-refractivity contribution in [1.29, 1.82) is 0 Å². The van der Waals surface area contributed by atoms with Crippen molar-refractivity contribution >= 4 is 5.96 Å². The van der Waals surface area contributed by atoms with Crippen LogP contribution in [-0.2, 0) is 18.3 Å². The number of hydrogen-bond acceptors (Lipinski definition) is 2. The van der Waals surface area contributed by atoms with Crippen LogP contribution in [0.5, 0.6) is 0 Å². The fourth-order valence-corrected chi connectivity index (χ4v) is 3.46. The molecule has 1 aromatic carbocycles. The van der Waals surface area contributed by atoms with Gasteiger partial charge < -0.3 is 19.5 Å². The molecular weight excluding hydrogens is 324 g/mol. The molecule has 3 rings (SSSR count). The van der Waals surface area contributed by atoms with Crippen molar-refractivity contribution in [3.05, 3.63) is 58.9 Å². The molecule has 0 saturated carbocycles. The van der Waals surface area contributed by atoms with E-state index in [-0.39, 0.29) is 6.10 Å². The van der Waals surface area contributed by atoms with Crippen LogP contribution in [0.15, 0.2) is 41.7 Å². The summed E-state index contributed by atoms with van der Waals surface area (Å²) >= 11 is 0. The van der Waals surface area contributed by atoms with Crippen LogP contribution in [0.1, 0.15) is 35.3 Å². The van der Waals surface area contributed by atoms with Gasteiger partial charge in [-0.05, 0) is 43.5 Å². The molecule has 0 radical (unpaired) electrons. The quantitative estimate of drug-likeness (QED) is 0.677. The summed E-state index contributed by atoms with van der Waals surface area (Å²) in [7, 11) is 2.04. The van der Waals surface area contributed by atoms with Gasteiger partial charge in [-0.15, -0.1) is 0 Å². The molecule has 1 unspecified atom stereocenters. The average molecular weight is 354 g/mol. The predicted octanol–water partition coefficient (Wildman–Crippen LogP) is 3.18. The molecule has 0 bridgehead atoms. The molecule has 5 nitrogen and oxygen atoms in total. The summed E-state index contributed by atoms with van der Waals surface area (Å²) in [6.07, 6.45) is 4.26. The maximum Gasteiger partial charge on any atom is 0.194 e. The van der Waals surface area contributed by atoms with Crippen LogP contribution in [0.2, 0.25) is 0 Å². The fourth-order valence-electron chi connectivity index (χ4n) is 3.46. The van der Waals surface area contributed by atoms with Crippen molar-refractivity contribution in [3.8, 4) is 0 Å². The number of aromatic nitrogens is 1. The SMILES string of the molecule is CCNC(=NCc1ccn(C)c1)N1CCOC(c2ccc(C)cc2C)C1. The van der Waals surface area contributed by atoms with E-state index in [2.05, 4.69) is 72.2 Å². The van der Waals surface area contributed by atoms with E-state index in [0.717, 1.165) is 25.6 Å². The standard InChI is InChI=1S/C21H30N4O/c1-5-22-21(23-13-18-8-9-24(4)14-18)25-10-11-26-20(15-25)19-7-6-16(2)12-17(19)3/h6-9,12,14,20H,5,10-11,13,15H2,1-4H3,(H,22,23). The molecule has 0 aliphatic carbocycles. The van der Waals surface area contributed by atoms with Crippen molar-refractivity contribution in [1.82, 2.24) is 14.8 Å². The third-order valence-electron chi connectivity index (χ3n) is 4.78. The van der Waals surface area contributed by atoms with Gasteiger partial charge in [-0.1, -0.05) is 23.8 Å². The van der Waals surface area contributed by atoms with E-state index in [0.29, 0.717) is 13.2 Å². The van der Waals surface area contributed by atoms with Gasteiger partial charge in [0.25, 0.3) is 0 Å². The largest absolute Gasteiger partial charge is 0.370 e. The molecule has 0 amide bonds. The maximum atomic E-state index is 6.08. The zero-order valence-corrected chi connectivity index (χ0v) is 16.3. The monoisotopic (exact) mass is 354 g/mol. The van der Waals surface area contributed by atoms with Gasteiger partial charge in [0.15, 0.2) is 5.96 Å². The van der Waals surface area contributed by atoms with Crippen LogP contribution in [0.4, 0.5) is 0 Å². The summed E-state index contributed by atoms with van der Waals surface area (Å²) in [4.78, 5) is 7.17. The molecule has 2 heterocycles. The Morgan fingerprint density at radius 2 is 2.15 bits per heavy atom. The molecule has 1 fully saturated rings. The number of benzene rings is 1. The van der Waals surface area contributed by atoms with Gasteiger partial charge in [-0.2, -0.15) is 0 Å². The molecule has 140 valence electrons. The Kier molecular flexibility index (Phi) is 5.99. The molecule has 1 aliphatic rings. The molecule has 0 spiro atoms. The fraction of sp³-hybridized carbons (Fsp3) is 0.476. The highest BCUT2D eigenvalue weighted by Gasteiger charge is 2.25. The zero-order chi connectivity index (χ0) is 18.5. The first kappa shape index (κ1) is 18.5. The maximum absolute atomic E-state index is 6.08. The Balaban J connectivity index is 1.74. The van der Waals surface area contributed by atoms with Crippen LogP contribution in [0, 0.1) is 13.8 Å². The lowest BCUT2D eigenvalue weighted by Crippen LogP contribution is -2.48. The molecule has 5 heteroatoms. The summed E-state index contributed by atoms with van der Waals surface area (Å²) in [5.74, 6) is 0.967. The third-order valence-corrected chi connectivity index (χ3v) is 4.78. The van der Waals surface area contributed by atoms with E-state index in [4.69, 9.17) is 9.73 Å². The topological polar surface area (TPSA) is 41.8 Å². The highest BCUT2D eigenvalue weighted by atomic mass is 16.5. The van der Waals surface area contributed by atoms with Gasteiger partial charge in [-0.25, -0.2) is 4.99 Å². The van der Waals surface area contributed by atoms with E-state index in [1.807, 2.05) is 7.05 Å². The predicted molar refractivity (Wildman–Crippen MR) is 106 cm³/mol. The number of aliphatic imine (C=N–C) groups is 1. The van der Waals surface area contributed by atoms with Crippen molar-refractivity contribution in [2.24, 2.45) is 12.0 Å². The van der Waals surface area contributed by atoms with Gasteiger partial charge in [0.1, 0.15) is 6.10 Å². The van der Waals surface area contributed by atoms with E-state index in [9.17, 15) is 0 Å². The van der Waals surface area contributed by atoms with Crippen LogP contribution >= 0.6 is 0 Å². The Morgan fingerprint density at radius 3 is 2.85 bits per heavy atom. The smallest absolute Gasteiger partial charge is 0.194 e. The minimum absolute atomic E-state index is 0.0879. The number of rotatable bonds is 4. The Bertz CT molecular complexity index is 765. The summed E-state index contributed by atoms with van der Waals surface area (Å²) in [5, 5.41) is 3.44. The van der Waals surface area contributed by atoms with Gasteiger partial charge in [0, 0.05) is 32.5 Å². The molecule has 1 aliphatic heterocycles. The number of guanidine groups is 1. The molecule has 2 aromatic rings.